The largest absolute Gasteiger partial charge is 0.478 e. The van der Waals surface area contributed by atoms with Crippen molar-refractivity contribution in [2.45, 2.75) is 12.8 Å². The molecule has 0 radical (unpaired) electrons. The summed E-state index contributed by atoms with van der Waals surface area (Å²) in [7, 11) is 0. The van der Waals surface area contributed by atoms with Crippen LogP contribution < -0.4 is 0 Å². The fraction of sp³-hybridized carbons (Fsp3) is 0.273. The third kappa shape index (κ3) is 2.81. The minimum absolute atomic E-state index is 0.123. The fourth-order valence-corrected chi connectivity index (χ4v) is 4.67. The Morgan fingerprint density at radius 1 is 1.07 bits per heavy atom. The van der Waals surface area contributed by atoms with E-state index in [2.05, 4.69) is 17.3 Å². The van der Waals surface area contributed by atoms with Crippen molar-refractivity contribution < 1.29 is 23.9 Å². The number of allylic oxidation sites excluding steroid dienone is 2. The molecule has 1 aromatic heterocycles. The molecule has 2 aromatic rings. The summed E-state index contributed by atoms with van der Waals surface area (Å²) in [5.41, 5.74) is 0.778. The van der Waals surface area contributed by atoms with Crippen molar-refractivity contribution in [3.63, 3.8) is 0 Å². The first-order valence-electron chi connectivity index (χ1n) is 9.56. The van der Waals surface area contributed by atoms with Gasteiger partial charge in [-0.2, -0.15) is 10.1 Å². The second-order valence-electron chi connectivity index (χ2n) is 7.66. The number of imide groups is 1. The summed E-state index contributed by atoms with van der Waals surface area (Å²) in [5, 5.41) is 14.2. The predicted octanol–water partition coefficient (Wildman–Crippen LogP) is 3.18. The molecule has 4 aliphatic rings. The Balaban J connectivity index is 1.37. The summed E-state index contributed by atoms with van der Waals surface area (Å²) >= 11 is 0. The Morgan fingerprint density at radius 3 is 2.38 bits per heavy atom. The summed E-state index contributed by atoms with van der Waals surface area (Å²) in [6.07, 6.45) is 7.37. The lowest BCUT2D eigenvalue weighted by atomic mass is 9.63. The summed E-state index contributed by atoms with van der Waals surface area (Å²) in [4.78, 5) is 36.7. The minimum atomic E-state index is -1.02. The Morgan fingerprint density at radius 2 is 1.76 bits per heavy atom. The van der Waals surface area contributed by atoms with Crippen LogP contribution in [0.5, 0.6) is 0 Å². The molecule has 7 nitrogen and oxygen atoms in total. The third-order valence-corrected chi connectivity index (χ3v) is 6.06. The van der Waals surface area contributed by atoms with Crippen molar-refractivity contribution in [1.82, 2.24) is 5.01 Å². The number of amides is 2. The van der Waals surface area contributed by atoms with Gasteiger partial charge in [0.05, 0.1) is 23.6 Å². The van der Waals surface area contributed by atoms with Crippen molar-refractivity contribution in [1.29, 1.82) is 0 Å². The summed E-state index contributed by atoms with van der Waals surface area (Å²) in [6, 6.07) is 9.76. The topological polar surface area (TPSA) is 100 Å². The third-order valence-electron chi connectivity index (χ3n) is 6.06. The van der Waals surface area contributed by atoms with Crippen molar-refractivity contribution in [3.8, 4) is 11.3 Å². The molecule has 3 aliphatic carbocycles. The zero-order valence-corrected chi connectivity index (χ0v) is 15.4. The number of benzene rings is 1. The first kappa shape index (κ1) is 17.6. The van der Waals surface area contributed by atoms with Crippen LogP contribution in [0.3, 0.4) is 0 Å². The zero-order valence-electron chi connectivity index (χ0n) is 15.4. The SMILES string of the molecule is O=C(O)c1cccc(-c2ccc(/C=N\N3C(=O)[C@@H]4[C@@H](C3=O)[C@H]3C=C[C@@H]4CC3)o2)c1. The molecule has 0 spiro atoms. The Kier molecular flexibility index (Phi) is 3.97. The van der Waals surface area contributed by atoms with Crippen LogP contribution in [0.2, 0.25) is 0 Å². The maximum atomic E-state index is 12.8. The second-order valence-corrected chi connectivity index (χ2v) is 7.66. The average molecular weight is 390 g/mol. The van der Waals surface area contributed by atoms with Crippen molar-refractivity contribution in [2.75, 3.05) is 0 Å². The van der Waals surface area contributed by atoms with Crippen LogP contribution in [0.1, 0.15) is 29.0 Å². The molecule has 1 N–H and O–H groups in total. The van der Waals surface area contributed by atoms with E-state index in [0.717, 1.165) is 17.9 Å². The molecule has 2 fully saturated rings. The van der Waals surface area contributed by atoms with E-state index in [0.29, 0.717) is 17.1 Å². The number of hydrogen-bond donors (Lipinski definition) is 1. The number of rotatable bonds is 4. The van der Waals surface area contributed by atoms with Gasteiger partial charge < -0.3 is 9.52 Å². The van der Waals surface area contributed by atoms with Gasteiger partial charge in [0, 0.05) is 5.56 Å². The van der Waals surface area contributed by atoms with Gasteiger partial charge in [0.25, 0.3) is 11.8 Å². The van der Waals surface area contributed by atoms with Crippen molar-refractivity contribution >= 4 is 24.0 Å². The molecular formula is C22H18N2O5. The van der Waals surface area contributed by atoms with E-state index in [1.165, 1.54) is 18.3 Å². The number of nitrogens with zero attached hydrogens (tertiary/aromatic N) is 2. The highest BCUT2D eigenvalue weighted by molar-refractivity contribution is 6.06. The number of carbonyl (C=O) groups is 3. The highest BCUT2D eigenvalue weighted by atomic mass is 16.4. The number of fused-ring (bicyclic) bond motifs is 1. The standard InChI is InChI=1S/C22H18N2O5/c25-20-18-12-4-5-13(7-6-12)19(18)21(26)24(20)23-11-16-8-9-17(29-16)14-2-1-3-15(10-14)22(27)28/h1-5,8-13,18-19H,6-7H2,(H,27,28)/b23-11-/t12-,13+,18-,19-/m0/s1. The van der Waals surface area contributed by atoms with E-state index in [-0.39, 0.29) is 41.0 Å². The number of carboxylic acid groups (broad SMARTS) is 1. The van der Waals surface area contributed by atoms with Crippen LogP contribution in [-0.4, -0.2) is 34.1 Å². The predicted molar refractivity (Wildman–Crippen MR) is 103 cm³/mol. The monoisotopic (exact) mass is 390 g/mol. The second kappa shape index (κ2) is 6.55. The van der Waals surface area contributed by atoms with Gasteiger partial charge in [-0.1, -0.05) is 24.3 Å². The van der Waals surface area contributed by atoms with Gasteiger partial charge in [0.2, 0.25) is 0 Å². The van der Waals surface area contributed by atoms with Gasteiger partial charge in [0.1, 0.15) is 11.5 Å². The van der Waals surface area contributed by atoms with Crippen molar-refractivity contribution in [2.24, 2.45) is 28.8 Å². The molecule has 2 heterocycles. The van der Waals surface area contributed by atoms with Crippen LogP contribution >= 0.6 is 0 Å². The maximum Gasteiger partial charge on any atom is 0.335 e. The van der Waals surface area contributed by atoms with Gasteiger partial charge in [-0.3, -0.25) is 9.59 Å². The highest BCUT2D eigenvalue weighted by Gasteiger charge is 2.56. The first-order valence-corrected chi connectivity index (χ1v) is 9.56. The van der Waals surface area contributed by atoms with Crippen molar-refractivity contribution in [3.05, 3.63) is 59.9 Å². The van der Waals surface area contributed by atoms with Gasteiger partial charge in [-0.25, -0.2) is 4.79 Å². The Bertz CT molecular complexity index is 1050. The number of hydrazone groups is 1. The Labute approximate surface area is 166 Å². The molecule has 29 heavy (non-hydrogen) atoms. The molecule has 7 heteroatoms. The molecule has 1 aliphatic heterocycles. The van der Waals surface area contributed by atoms with E-state index in [4.69, 9.17) is 9.52 Å². The molecular weight excluding hydrogens is 372 g/mol. The van der Waals surface area contributed by atoms with Crippen LogP contribution in [0, 0.1) is 23.7 Å². The van der Waals surface area contributed by atoms with Gasteiger partial charge in [0.15, 0.2) is 0 Å². The summed E-state index contributed by atoms with van der Waals surface area (Å²) in [6.45, 7) is 0. The molecule has 2 bridgehead atoms. The molecule has 2 amide bonds. The normalized spacial score (nSPS) is 27.8. The molecule has 1 saturated carbocycles. The van der Waals surface area contributed by atoms with E-state index in [9.17, 15) is 14.4 Å². The lowest BCUT2D eigenvalue weighted by molar-refractivity contribution is -0.140. The quantitative estimate of drug-likeness (QED) is 0.491. The Hall–Kier alpha value is -3.48. The van der Waals surface area contributed by atoms with E-state index in [1.54, 1.807) is 24.3 Å². The molecule has 1 aromatic carbocycles. The van der Waals surface area contributed by atoms with Gasteiger partial charge in [-0.05, 0) is 48.9 Å². The summed E-state index contributed by atoms with van der Waals surface area (Å²) in [5.74, 6) is -0.995. The van der Waals surface area contributed by atoms with Crippen LogP contribution in [0.25, 0.3) is 11.3 Å². The zero-order chi connectivity index (χ0) is 20.1. The number of aromatic carboxylic acids is 1. The minimum Gasteiger partial charge on any atom is -0.478 e. The first-order chi connectivity index (χ1) is 14.0. The van der Waals surface area contributed by atoms with Crippen LogP contribution in [-0.2, 0) is 9.59 Å². The number of furan rings is 1. The summed E-state index contributed by atoms with van der Waals surface area (Å²) < 4.78 is 5.70. The van der Waals surface area contributed by atoms with Crippen LogP contribution in [0.15, 0.2) is 58.1 Å². The highest BCUT2D eigenvalue weighted by Crippen LogP contribution is 2.49. The fourth-order valence-electron chi connectivity index (χ4n) is 4.67. The van der Waals surface area contributed by atoms with Crippen LogP contribution in [0.4, 0.5) is 0 Å². The lowest BCUT2D eigenvalue weighted by Gasteiger charge is -2.37. The van der Waals surface area contributed by atoms with E-state index >= 15 is 0 Å². The molecule has 146 valence electrons. The van der Waals surface area contributed by atoms with Gasteiger partial charge in [-0.15, -0.1) is 0 Å². The van der Waals surface area contributed by atoms with E-state index in [1.807, 2.05) is 0 Å². The molecule has 1 saturated heterocycles. The lowest BCUT2D eigenvalue weighted by Crippen LogP contribution is -2.38. The maximum absolute atomic E-state index is 12.8. The average Bonchev–Trinajstić information content (AvgIpc) is 3.32. The number of carboxylic acids is 1. The number of hydrogen-bond acceptors (Lipinski definition) is 5. The number of carbonyl (C=O) groups excluding carboxylic acids is 2. The molecule has 0 unspecified atom stereocenters. The smallest absolute Gasteiger partial charge is 0.335 e. The van der Waals surface area contributed by atoms with E-state index < -0.39 is 5.97 Å². The van der Waals surface area contributed by atoms with Gasteiger partial charge >= 0.3 is 5.97 Å². The molecule has 4 atom stereocenters. The molecule has 6 rings (SSSR count).